The van der Waals surface area contributed by atoms with Crippen molar-refractivity contribution in [3.8, 4) is 11.5 Å². The Morgan fingerprint density at radius 3 is 2.72 bits per heavy atom. The highest BCUT2D eigenvalue weighted by Crippen LogP contribution is 2.43. The van der Waals surface area contributed by atoms with Gasteiger partial charge in [0.1, 0.15) is 11.9 Å². The Bertz CT molecular complexity index is 855. The third kappa shape index (κ3) is 4.49. The number of aldehydes is 1. The number of rotatable bonds is 9. The summed E-state index contributed by atoms with van der Waals surface area (Å²) in [5.74, 6) is -1.41. The van der Waals surface area contributed by atoms with Gasteiger partial charge in [-0.15, -0.1) is 0 Å². The Hall–Kier alpha value is -2.71. The molecule has 0 spiro atoms. The minimum absolute atomic E-state index is 0.0696. The van der Waals surface area contributed by atoms with E-state index in [0.29, 0.717) is 49.7 Å². The predicted molar refractivity (Wildman–Crippen MR) is 101 cm³/mol. The summed E-state index contributed by atoms with van der Waals surface area (Å²) in [5.41, 5.74) is 0.103. The molecule has 29 heavy (non-hydrogen) atoms. The first-order valence-electron chi connectivity index (χ1n) is 9.19. The van der Waals surface area contributed by atoms with Crippen LogP contribution in [0.15, 0.2) is 29.4 Å². The first-order valence-corrected chi connectivity index (χ1v) is 9.19. The van der Waals surface area contributed by atoms with Crippen LogP contribution in [0.25, 0.3) is 6.08 Å². The van der Waals surface area contributed by atoms with Crippen LogP contribution in [0.1, 0.15) is 18.9 Å². The maximum atomic E-state index is 14.5. The topological polar surface area (TPSA) is 91.3 Å². The lowest BCUT2D eigenvalue weighted by Crippen LogP contribution is -2.52. The summed E-state index contributed by atoms with van der Waals surface area (Å²) >= 11 is 0. The van der Waals surface area contributed by atoms with Gasteiger partial charge in [0.05, 0.1) is 30.8 Å². The largest absolute Gasteiger partial charge is 0.490 e. The van der Waals surface area contributed by atoms with Crippen LogP contribution >= 0.6 is 0 Å². The summed E-state index contributed by atoms with van der Waals surface area (Å²) in [6.07, 6.45) is 3.23. The van der Waals surface area contributed by atoms with Gasteiger partial charge >= 0.3 is 5.97 Å². The molecule has 1 aromatic carbocycles. The van der Waals surface area contributed by atoms with Crippen molar-refractivity contribution in [1.82, 2.24) is 0 Å². The second-order valence-corrected chi connectivity index (χ2v) is 7.33. The average Bonchev–Trinajstić information content (AvgIpc) is 2.67. The lowest BCUT2D eigenvalue weighted by Gasteiger charge is -2.45. The number of halogens is 1. The van der Waals surface area contributed by atoms with Gasteiger partial charge in [-0.3, -0.25) is 4.79 Å². The normalized spacial score (nSPS) is 20.0. The Morgan fingerprint density at radius 2 is 2.14 bits per heavy atom. The van der Waals surface area contributed by atoms with Gasteiger partial charge in [0.15, 0.2) is 17.9 Å². The van der Waals surface area contributed by atoms with Gasteiger partial charge in [0.2, 0.25) is 0 Å². The summed E-state index contributed by atoms with van der Waals surface area (Å²) in [6, 6.07) is 2.76. The molecule has 3 rings (SSSR count). The van der Waals surface area contributed by atoms with Crippen molar-refractivity contribution in [1.29, 1.82) is 0 Å². The van der Waals surface area contributed by atoms with Crippen LogP contribution in [-0.2, 0) is 19.1 Å². The van der Waals surface area contributed by atoms with Crippen molar-refractivity contribution in [2.24, 2.45) is 5.41 Å². The van der Waals surface area contributed by atoms with E-state index in [1.807, 2.05) is 6.92 Å². The number of carboxylic acid groups (broad SMARTS) is 1. The Kier molecular flexibility index (Phi) is 6.34. The van der Waals surface area contributed by atoms with Crippen molar-refractivity contribution >= 4 is 18.3 Å². The number of ether oxygens (including phenoxy) is 4. The molecule has 0 saturated carbocycles. The number of carbonyl (C=O) groups excluding carboxylic acids is 1. The van der Waals surface area contributed by atoms with E-state index in [1.54, 1.807) is 13.2 Å². The molecule has 1 fully saturated rings. The fourth-order valence-corrected chi connectivity index (χ4v) is 3.27. The van der Waals surface area contributed by atoms with E-state index in [-0.39, 0.29) is 12.0 Å². The van der Waals surface area contributed by atoms with Gasteiger partial charge in [-0.2, -0.15) is 0 Å². The highest BCUT2D eigenvalue weighted by molar-refractivity contribution is 6.07. The molecule has 1 saturated heterocycles. The molecule has 1 atom stereocenters. The van der Waals surface area contributed by atoms with Crippen LogP contribution in [0.2, 0.25) is 0 Å². The quantitative estimate of drug-likeness (QED) is 0.222. The Labute approximate surface area is 167 Å². The van der Waals surface area contributed by atoms with E-state index in [2.05, 4.69) is 0 Å². The molecule has 0 radical (unpaired) electrons. The number of hydrogen-bond acceptors (Lipinski definition) is 6. The monoisotopic (exact) mass is 406 g/mol. The molecule has 7 nitrogen and oxygen atoms in total. The van der Waals surface area contributed by atoms with E-state index in [0.717, 1.165) is 0 Å². The molecule has 0 amide bonds. The molecule has 2 aliphatic rings. The molecule has 1 unspecified atom stereocenters. The number of fused-ring (bicyclic) bond motifs is 1. The van der Waals surface area contributed by atoms with Crippen molar-refractivity contribution in [2.45, 2.75) is 19.4 Å². The van der Waals surface area contributed by atoms with Gasteiger partial charge in [0.25, 0.3) is 0 Å². The number of hydrogen-bond donors (Lipinski definition) is 1. The number of carboxylic acids is 1. The van der Waals surface area contributed by atoms with Crippen LogP contribution in [0.5, 0.6) is 11.5 Å². The van der Waals surface area contributed by atoms with Gasteiger partial charge in [-0.05, 0) is 23.8 Å². The van der Waals surface area contributed by atoms with E-state index < -0.39 is 28.9 Å². The number of aliphatic carboxylic acids is 1. The van der Waals surface area contributed by atoms with Crippen LogP contribution < -0.4 is 9.47 Å². The highest BCUT2D eigenvalue weighted by atomic mass is 19.1. The summed E-state index contributed by atoms with van der Waals surface area (Å²) < 4.78 is 36.3. The van der Waals surface area contributed by atoms with E-state index in [9.17, 15) is 19.1 Å². The lowest BCUT2D eigenvalue weighted by molar-refractivity contribution is -0.143. The fourth-order valence-electron chi connectivity index (χ4n) is 3.27. The molecular formula is C21H23FO7. The molecule has 0 bridgehead atoms. The first kappa shape index (κ1) is 21.0. The predicted octanol–water partition coefficient (Wildman–Crippen LogP) is 2.63. The molecular weight excluding hydrogens is 383 g/mol. The van der Waals surface area contributed by atoms with E-state index in [1.165, 1.54) is 18.2 Å². The Morgan fingerprint density at radius 1 is 1.38 bits per heavy atom. The minimum atomic E-state index is -1.34. The molecule has 0 aromatic heterocycles. The Balaban J connectivity index is 1.95. The molecule has 1 aromatic rings. The minimum Gasteiger partial charge on any atom is -0.490 e. The summed E-state index contributed by atoms with van der Waals surface area (Å²) in [4.78, 5) is 22.4. The molecule has 1 N–H and O–H groups in total. The van der Waals surface area contributed by atoms with E-state index >= 15 is 0 Å². The summed E-state index contributed by atoms with van der Waals surface area (Å²) in [5, 5.41) is 9.18. The third-order valence-corrected chi connectivity index (χ3v) is 4.88. The SMILES string of the molecule is COCCCOc1cc2c(cc1F)C=C(/C=C(\C=O)C(=O)O)C(C1(C)COC1)O2. The van der Waals surface area contributed by atoms with Crippen molar-refractivity contribution in [3.05, 3.63) is 40.7 Å². The van der Waals surface area contributed by atoms with Crippen LogP contribution in [0.4, 0.5) is 4.39 Å². The number of benzene rings is 1. The number of methoxy groups -OCH3 is 1. The van der Waals surface area contributed by atoms with Gasteiger partial charge in [-0.1, -0.05) is 6.92 Å². The van der Waals surface area contributed by atoms with E-state index in [4.69, 9.17) is 18.9 Å². The molecule has 156 valence electrons. The van der Waals surface area contributed by atoms with Gasteiger partial charge < -0.3 is 24.1 Å². The maximum Gasteiger partial charge on any atom is 0.339 e. The first-order chi connectivity index (χ1) is 13.9. The van der Waals surface area contributed by atoms with Crippen LogP contribution in [0, 0.1) is 11.2 Å². The molecule has 0 aliphatic carbocycles. The number of carbonyl (C=O) groups is 2. The standard InChI is InChI=1S/C21H23FO7/c1-21(11-27-12-21)19-14(7-15(10-23)20(24)25)6-13-8-16(22)18(9-17(13)29-19)28-5-3-4-26-2/h6-10,19H,3-5,11-12H2,1-2H3,(H,24,25)/b15-7+. The van der Waals surface area contributed by atoms with Crippen molar-refractivity contribution in [3.63, 3.8) is 0 Å². The van der Waals surface area contributed by atoms with Crippen molar-refractivity contribution in [2.75, 3.05) is 33.5 Å². The zero-order valence-corrected chi connectivity index (χ0v) is 16.3. The zero-order valence-electron chi connectivity index (χ0n) is 16.3. The zero-order chi connectivity index (χ0) is 21.0. The molecule has 8 heteroatoms. The fraction of sp³-hybridized carbons (Fsp3) is 0.429. The molecule has 2 heterocycles. The third-order valence-electron chi connectivity index (χ3n) is 4.88. The maximum absolute atomic E-state index is 14.5. The smallest absolute Gasteiger partial charge is 0.339 e. The molecule has 2 aliphatic heterocycles. The highest BCUT2D eigenvalue weighted by Gasteiger charge is 2.46. The van der Waals surface area contributed by atoms with Gasteiger partial charge in [-0.25, -0.2) is 9.18 Å². The lowest BCUT2D eigenvalue weighted by atomic mass is 9.77. The van der Waals surface area contributed by atoms with Crippen LogP contribution in [0.3, 0.4) is 0 Å². The average molecular weight is 406 g/mol. The van der Waals surface area contributed by atoms with Crippen molar-refractivity contribution < 1.29 is 38.0 Å². The summed E-state index contributed by atoms with van der Waals surface area (Å²) in [7, 11) is 1.58. The summed E-state index contributed by atoms with van der Waals surface area (Å²) in [6.45, 7) is 3.58. The van der Waals surface area contributed by atoms with Crippen LogP contribution in [-0.4, -0.2) is 57.0 Å². The van der Waals surface area contributed by atoms with Gasteiger partial charge in [0, 0.05) is 31.8 Å². The second kappa shape index (κ2) is 8.75. The second-order valence-electron chi connectivity index (χ2n) is 7.33.